The third-order valence-corrected chi connectivity index (χ3v) is 4.63. The molecule has 0 spiro atoms. The van der Waals surface area contributed by atoms with Crippen molar-refractivity contribution in [2.75, 3.05) is 13.1 Å². The molecule has 4 rings (SSSR count). The summed E-state index contributed by atoms with van der Waals surface area (Å²) >= 11 is 0. The number of piperidine rings is 1. The van der Waals surface area contributed by atoms with Gasteiger partial charge >= 0.3 is 0 Å². The lowest BCUT2D eigenvalue weighted by molar-refractivity contribution is -0.0201. The Morgan fingerprint density at radius 3 is 2.95 bits per heavy atom. The Labute approximate surface area is 129 Å². The largest absolute Gasteiger partial charge is 0.465 e. The lowest BCUT2D eigenvalue weighted by Crippen LogP contribution is -2.41. The Hall–Kier alpha value is -1.66. The fourth-order valence-corrected chi connectivity index (χ4v) is 3.53. The highest BCUT2D eigenvalue weighted by Gasteiger charge is 2.41. The zero-order valence-corrected chi connectivity index (χ0v) is 13.0. The van der Waals surface area contributed by atoms with Crippen LogP contribution in [-0.2, 0) is 11.3 Å². The van der Waals surface area contributed by atoms with Crippen LogP contribution in [0.25, 0.3) is 0 Å². The molecule has 0 bridgehead atoms. The summed E-state index contributed by atoms with van der Waals surface area (Å²) in [5.41, 5.74) is 0. The summed E-state index contributed by atoms with van der Waals surface area (Å²) in [6, 6.07) is 4.07. The first-order valence-corrected chi connectivity index (χ1v) is 7.91. The molecule has 2 aliphatic rings. The molecule has 3 atom stereocenters. The molecule has 0 amide bonds. The van der Waals surface area contributed by atoms with Crippen LogP contribution in [0.3, 0.4) is 0 Å². The van der Waals surface area contributed by atoms with E-state index < -0.39 is 0 Å². The van der Waals surface area contributed by atoms with E-state index >= 15 is 0 Å². The van der Waals surface area contributed by atoms with Gasteiger partial charge in [0.2, 0.25) is 0 Å². The van der Waals surface area contributed by atoms with Crippen molar-refractivity contribution in [2.24, 2.45) is 5.92 Å². The van der Waals surface area contributed by atoms with Gasteiger partial charge in [0.05, 0.1) is 12.6 Å². The van der Waals surface area contributed by atoms with Crippen LogP contribution in [0.2, 0.25) is 0 Å². The maximum Gasteiger partial charge on any atom is 0.255 e. The van der Waals surface area contributed by atoms with Gasteiger partial charge in [-0.3, -0.25) is 4.90 Å². The minimum atomic E-state index is -0.0398. The number of aromatic nitrogens is 2. The highest BCUT2D eigenvalue weighted by Crippen LogP contribution is 2.40. The molecule has 0 N–H and O–H groups in total. The predicted octanol–water partition coefficient (Wildman–Crippen LogP) is 2.63. The fraction of sp³-hybridized carbons (Fsp3) is 0.625. The van der Waals surface area contributed by atoms with Gasteiger partial charge in [-0.15, -0.1) is 0 Å². The predicted molar refractivity (Wildman–Crippen MR) is 78.1 cm³/mol. The minimum absolute atomic E-state index is 0.0398. The smallest absolute Gasteiger partial charge is 0.255 e. The normalized spacial score (nSPS) is 28.9. The maximum atomic E-state index is 6.17. The van der Waals surface area contributed by atoms with Crippen molar-refractivity contribution in [1.82, 2.24) is 15.0 Å². The number of rotatable bonds is 3. The molecule has 0 unspecified atom stereocenters. The Balaban J connectivity index is 1.39. The second-order valence-electron chi connectivity index (χ2n) is 6.37. The maximum absolute atomic E-state index is 6.17. The van der Waals surface area contributed by atoms with E-state index in [1.54, 1.807) is 0 Å². The van der Waals surface area contributed by atoms with E-state index in [1.807, 2.05) is 19.9 Å². The molecule has 2 aromatic heterocycles. The lowest BCUT2D eigenvalue weighted by atomic mass is 9.92. The monoisotopic (exact) mass is 303 g/mol. The molecule has 0 aromatic carbocycles. The van der Waals surface area contributed by atoms with Crippen LogP contribution in [0.5, 0.6) is 0 Å². The van der Waals surface area contributed by atoms with Crippen molar-refractivity contribution in [3.8, 4) is 0 Å². The molecule has 2 saturated heterocycles. The second kappa shape index (κ2) is 5.52. The molecule has 6 nitrogen and oxygen atoms in total. The highest BCUT2D eigenvalue weighted by molar-refractivity contribution is 5.06. The summed E-state index contributed by atoms with van der Waals surface area (Å²) < 4.78 is 17.1. The van der Waals surface area contributed by atoms with Gasteiger partial charge in [-0.25, -0.2) is 0 Å². The molecule has 0 radical (unpaired) electrons. The van der Waals surface area contributed by atoms with Crippen LogP contribution in [0.15, 0.2) is 21.1 Å². The molecule has 0 saturated carbocycles. The van der Waals surface area contributed by atoms with Gasteiger partial charge in [0.15, 0.2) is 5.82 Å². The molecule has 2 aliphatic heterocycles. The number of ether oxygens (including phenoxy) is 1. The Morgan fingerprint density at radius 2 is 2.23 bits per heavy atom. The van der Waals surface area contributed by atoms with E-state index in [4.69, 9.17) is 13.7 Å². The fourth-order valence-electron chi connectivity index (χ4n) is 3.53. The number of fused-ring (bicyclic) bond motifs is 1. The number of aryl methyl sites for hydroxylation is 2. The first-order valence-electron chi connectivity index (χ1n) is 7.91. The van der Waals surface area contributed by atoms with Crippen molar-refractivity contribution >= 4 is 0 Å². The van der Waals surface area contributed by atoms with E-state index in [0.29, 0.717) is 17.6 Å². The van der Waals surface area contributed by atoms with Crippen molar-refractivity contribution in [3.05, 3.63) is 35.4 Å². The second-order valence-corrected chi connectivity index (χ2v) is 6.37. The Morgan fingerprint density at radius 1 is 1.32 bits per heavy atom. The van der Waals surface area contributed by atoms with Crippen molar-refractivity contribution in [3.63, 3.8) is 0 Å². The SMILES string of the molecule is Cc1noc([C@@H]2C[C@H]3CCN(Cc4ccc(C)o4)C[C@@H]3O2)n1. The molecule has 0 aliphatic carbocycles. The number of likely N-dealkylation sites (tertiary alicyclic amines) is 1. The van der Waals surface area contributed by atoms with Crippen LogP contribution in [0, 0.1) is 19.8 Å². The van der Waals surface area contributed by atoms with Crippen molar-refractivity contribution < 1.29 is 13.7 Å². The summed E-state index contributed by atoms with van der Waals surface area (Å²) in [7, 11) is 0. The first-order chi connectivity index (χ1) is 10.7. The van der Waals surface area contributed by atoms with Crippen LogP contribution >= 0.6 is 0 Å². The first kappa shape index (κ1) is 14.0. The van der Waals surface area contributed by atoms with E-state index in [9.17, 15) is 0 Å². The molecule has 6 heteroatoms. The van der Waals surface area contributed by atoms with E-state index in [1.165, 1.54) is 0 Å². The lowest BCUT2D eigenvalue weighted by Gasteiger charge is -2.33. The third kappa shape index (κ3) is 2.68. The van der Waals surface area contributed by atoms with Gasteiger partial charge < -0.3 is 13.7 Å². The zero-order chi connectivity index (χ0) is 15.1. The zero-order valence-electron chi connectivity index (χ0n) is 13.0. The summed E-state index contributed by atoms with van der Waals surface area (Å²) in [6.07, 6.45) is 2.34. The quantitative estimate of drug-likeness (QED) is 0.868. The van der Waals surface area contributed by atoms with E-state index in [-0.39, 0.29) is 12.2 Å². The molecular formula is C16H21N3O3. The van der Waals surface area contributed by atoms with Gasteiger partial charge in [-0.05, 0) is 51.3 Å². The molecule has 4 heterocycles. The summed E-state index contributed by atoms with van der Waals surface area (Å²) in [5, 5.41) is 3.86. The third-order valence-electron chi connectivity index (χ3n) is 4.63. The van der Waals surface area contributed by atoms with Gasteiger partial charge in [-0.2, -0.15) is 4.98 Å². The van der Waals surface area contributed by atoms with Crippen molar-refractivity contribution in [2.45, 2.75) is 45.4 Å². The van der Waals surface area contributed by atoms with Gasteiger partial charge in [0, 0.05) is 6.54 Å². The topological polar surface area (TPSA) is 64.5 Å². The van der Waals surface area contributed by atoms with Gasteiger partial charge in [0.25, 0.3) is 5.89 Å². The summed E-state index contributed by atoms with van der Waals surface area (Å²) in [5.74, 6) is 3.88. The average molecular weight is 303 g/mol. The van der Waals surface area contributed by atoms with Gasteiger partial charge in [0.1, 0.15) is 17.6 Å². The van der Waals surface area contributed by atoms with Crippen LogP contribution in [-0.4, -0.2) is 34.2 Å². The van der Waals surface area contributed by atoms with Crippen molar-refractivity contribution in [1.29, 1.82) is 0 Å². The van der Waals surface area contributed by atoms with Crippen LogP contribution in [0.4, 0.5) is 0 Å². The summed E-state index contributed by atoms with van der Waals surface area (Å²) in [4.78, 5) is 6.71. The van der Waals surface area contributed by atoms with Gasteiger partial charge in [-0.1, -0.05) is 5.16 Å². The summed E-state index contributed by atoms with van der Waals surface area (Å²) in [6.45, 7) is 6.69. The number of hydrogen-bond acceptors (Lipinski definition) is 6. The van der Waals surface area contributed by atoms with Crippen LogP contribution < -0.4 is 0 Å². The Kier molecular flexibility index (Phi) is 3.50. The molecule has 2 aromatic rings. The van der Waals surface area contributed by atoms with Crippen LogP contribution in [0.1, 0.15) is 42.2 Å². The van der Waals surface area contributed by atoms with E-state index in [0.717, 1.165) is 44.0 Å². The number of nitrogens with zero attached hydrogens (tertiary/aromatic N) is 3. The molecule has 118 valence electrons. The average Bonchev–Trinajstić information content (AvgIpc) is 3.18. The minimum Gasteiger partial charge on any atom is -0.465 e. The molecular weight excluding hydrogens is 282 g/mol. The van der Waals surface area contributed by atoms with E-state index in [2.05, 4.69) is 21.1 Å². The highest BCUT2D eigenvalue weighted by atomic mass is 16.5. The number of hydrogen-bond donors (Lipinski definition) is 0. The Bertz CT molecular complexity index is 651. The molecule has 2 fully saturated rings. The molecule has 22 heavy (non-hydrogen) atoms. The number of furan rings is 1. The standard InChI is InChI=1S/C16H21N3O3/c1-10-3-4-13(20-10)8-19-6-5-12-7-14(21-15(12)9-19)16-17-11(2)18-22-16/h3-4,12,14-15H,5-9H2,1-2H3/t12-,14+,15+/m1/s1.